The number of carbonyl (C=O) groups is 1. The number of hydrogen-bond donors (Lipinski definition) is 1. The van der Waals surface area contributed by atoms with Crippen LogP contribution in [0.5, 0.6) is 11.5 Å². The lowest BCUT2D eigenvalue weighted by molar-refractivity contribution is 0.0737. The number of nitrogens with one attached hydrogen (secondary N) is 1. The molecule has 124 valence electrons. The van der Waals surface area contributed by atoms with Crippen molar-refractivity contribution in [1.29, 1.82) is 0 Å². The van der Waals surface area contributed by atoms with Crippen LogP contribution in [0.2, 0.25) is 5.02 Å². The maximum Gasteiger partial charge on any atom is 0.254 e. The number of amides is 1. The van der Waals surface area contributed by atoms with Gasteiger partial charge in [-0.3, -0.25) is 9.78 Å². The number of nitrogens with zero attached hydrogens (tertiary/aromatic N) is 2. The first-order valence-electron chi connectivity index (χ1n) is 8.11. The summed E-state index contributed by atoms with van der Waals surface area (Å²) in [6, 6.07) is 9.04. The second-order valence-electron chi connectivity index (χ2n) is 6.20. The van der Waals surface area contributed by atoms with E-state index in [1.165, 1.54) is 0 Å². The number of hydrogen-bond acceptors (Lipinski definition) is 4. The van der Waals surface area contributed by atoms with E-state index >= 15 is 0 Å². The highest BCUT2D eigenvalue weighted by molar-refractivity contribution is 6.32. The van der Waals surface area contributed by atoms with Gasteiger partial charge in [0.2, 0.25) is 0 Å². The highest BCUT2D eigenvalue weighted by Gasteiger charge is 2.40. The third-order valence-electron chi connectivity index (χ3n) is 4.76. The second kappa shape index (κ2) is 6.42. The standard InChI is InChI=1S/C18H18ClN3O2/c19-15-9-12(1-2-17(15)24-14-3-6-20-7-4-14)18(23)22-8-5-13-10-21-11-16(13)22/h1-4,6-7,9,13,16,21H,5,8,10-11H2/t13-,16+/m0/s1. The molecular formula is C18H18ClN3O2. The van der Waals surface area contributed by atoms with Gasteiger partial charge < -0.3 is 15.0 Å². The number of halogens is 1. The topological polar surface area (TPSA) is 54.5 Å². The monoisotopic (exact) mass is 343 g/mol. The van der Waals surface area contributed by atoms with Gasteiger partial charge in [-0.15, -0.1) is 0 Å². The molecule has 4 rings (SSSR count). The molecule has 0 saturated carbocycles. The number of pyridine rings is 1. The summed E-state index contributed by atoms with van der Waals surface area (Å²) in [5.74, 6) is 1.81. The molecule has 1 N–H and O–H groups in total. The minimum absolute atomic E-state index is 0.0450. The Morgan fingerprint density at radius 3 is 2.88 bits per heavy atom. The van der Waals surface area contributed by atoms with Crippen molar-refractivity contribution in [2.45, 2.75) is 12.5 Å². The van der Waals surface area contributed by atoms with E-state index in [1.54, 1.807) is 42.7 Å². The van der Waals surface area contributed by atoms with Crippen LogP contribution < -0.4 is 10.1 Å². The first kappa shape index (κ1) is 15.4. The quantitative estimate of drug-likeness (QED) is 0.931. The number of likely N-dealkylation sites (tertiary alicyclic amines) is 1. The maximum absolute atomic E-state index is 12.8. The molecule has 1 amide bonds. The van der Waals surface area contributed by atoms with E-state index in [1.807, 2.05) is 4.90 Å². The lowest BCUT2D eigenvalue weighted by atomic mass is 10.0. The largest absolute Gasteiger partial charge is 0.456 e. The van der Waals surface area contributed by atoms with Gasteiger partial charge in [-0.05, 0) is 42.7 Å². The van der Waals surface area contributed by atoms with E-state index in [-0.39, 0.29) is 5.91 Å². The molecule has 2 saturated heterocycles. The summed E-state index contributed by atoms with van der Waals surface area (Å²) >= 11 is 6.32. The van der Waals surface area contributed by atoms with Crippen LogP contribution >= 0.6 is 11.6 Å². The van der Waals surface area contributed by atoms with Crippen molar-refractivity contribution in [2.24, 2.45) is 5.92 Å². The zero-order valence-electron chi connectivity index (χ0n) is 13.1. The van der Waals surface area contributed by atoms with Crippen molar-refractivity contribution in [1.82, 2.24) is 15.2 Å². The van der Waals surface area contributed by atoms with Gasteiger partial charge >= 0.3 is 0 Å². The Bertz CT molecular complexity index is 753. The zero-order valence-corrected chi connectivity index (χ0v) is 13.9. The molecule has 1 aromatic heterocycles. The lowest BCUT2D eigenvalue weighted by Gasteiger charge is -2.23. The lowest BCUT2D eigenvalue weighted by Crippen LogP contribution is -2.39. The Labute approximate surface area is 145 Å². The van der Waals surface area contributed by atoms with E-state index < -0.39 is 0 Å². The van der Waals surface area contributed by atoms with E-state index in [9.17, 15) is 4.79 Å². The number of aromatic nitrogens is 1. The summed E-state index contributed by atoms with van der Waals surface area (Å²) < 4.78 is 5.73. The molecule has 2 aromatic rings. The van der Waals surface area contributed by atoms with Crippen molar-refractivity contribution < 1.29 is 9.53 Å². The molecule has 24 heavy (non-hydrogen) atoms. The predicted octanol–water partition coefficient (Wildman–Crippen LogP) is 2.96. The van der Waals surface area contributed by atoms with Gasteiger partial charge in [0.1, 0.15) is 11.5 Å². The molecule has 0 spiro atoms. The molecule has 5 nitrogen and oxygen atoms in total. The molecule has 0 bridgehead atoms. The number of carbonyl (C=O) groups excluding carboxylic acids is 1. The van der Waals surface area contributed by atoms with Gasteiger partial charge in [0.15, 0.2) is 0 Å². The van der Waals surface area contributed by atoms with Crippen LogP contribution in [0.3, 0.4) is 0 Å². The van der Waals surface area contributed by atoms with E-state index in [0.717, 1.165) is 26.1 Å². The van der Waals surface area contributed by atoms with Gasteiger partial charge in [0.05, 0.1) is 5.02 Å². The van der Waals surface area contributed by atoms with Gasteiger partial charge in [-0.1, -0.05) is 11.6 Å². The van der Waals surface area contributed by atoms with Crippen LogP contribution in [0.4, 0.5) is 0 Å². The minimum atomic E-state index is 0.0450. The van der Waals surface area contributed by atoms with Crippen LogP contribution in [0.1, 0.15) is 16.8 Å². The summed E-state index contributed by atoms with van der Waals surface area (Å²) in [6.07, 6.45) is 4.38. The highest BCUT2D eigenvalue weighted by Crippen LogP contribution is 2.32. The molecule has 2 atom stereocenters. The van der Waals surface area contributed by atoms with Crippen molar-refractivity contribution in [3.05, 3.63) is 53.3 Å². The first-order valence-corrected chi connectivity index (χ1v) is 8.49. The van der Waals surface area contributed by atoms with Gasteiger partial charge in [-0.25, -0.2) is 0 Å². The second-order valence-corrected chi connectivity index (χ2v) is 6.61. The third-order valence-corrected chi connectivity index (χ3v) is 5.06. The minimum Gasteiger partial charge on any atom is -0.456 e. The SMILES string of the molecule is O=C(c1ccc(Oc2ccncc2)c(Cl)c1)N1CC[C@H]2CNC[C@H]21. The van der Waals surface area contributed by atoms with Crippen LogP contribution in [0.25, 0.3) is 0 Å². The van der Waals surface area contributed by atoms with E-state index in [4.69, 9.17) is 16.3 Å². The van der Waals surface area contributed by atoms with Crippen molar-refractivity contribution in [3.8, 4) is 11.5 Å². The summed E-state index contributed by atoms with van der Waals surface area (Å²) in [6.45, 7) is 2.71. The molecule has 1 aromatic carbocycles. The molecule has 0 radical (unpaired) electrons. The average Bonchev–Trinajstić information content (AvgIpc) is 3.20. The molecule has 0 aliphatic carbocycles. The number of ether oxygens (including phenoxy) is 1. The van der Waals surface area contributed by atoms with E-state index in [0.29, 0.717) is 34.0 Å². The number of benzene rings is 1. The van der Waals surface area contributed by atoms with Crippen molar-refractivity contribution >= 4 is 17.5 Å². The third kappa shape index (κ3) is 2.85. The molecule has 6 heteroatoms. The van der Waals surface area contributed by atoms with Crippen LogP contribution in [-0.4, -0.2) is 41.5 Å². The number of rotatable bonds is 3. The Hall–Kier alpha value is -2.11. The van der Waals surface area contributed by atoms with Crippen LogP contribution in [0.15, 0.2) is 42.7 Å². The van der Waals surface area contributed by atoms with Crippen molar-refractivity contribution in [2.75, 3.05) is 19.6 Å². The predicted molar refractivity (Wildman–Crippen MR) is 91.6 cm³/mol. The Kier molecular flexibility index (Phi) is 4.12. The molecule has 2 aliphatic rings. The van der Waals surface area contributed by atoms with Gasteiger partial charge in [0.25, 0.3) is 5.91 Å². The van der Waals surface area contributed by atoms with Crippen LogP contribution in [0, 0.1) is 5.92 Å². The van der Waals surface area contributed by atoms with Gasteiger partial charge in [-0.2, -0.15) is 0 Å². The fraction of sp³-hybridized carbons (Fsp3) is 0.333. The van der Waals surface area contributed by atoms with Crippen molar-refractivity contribution in [3.63, 3.8) is 0 Å². The highest BCUT2D eigenvalue weighted by atomic mass is 35.5. The van der Waals surface area contributed by atoms with E-state index in [2.05, 4.69) is 10.3 Å². The zero-order chi connectivity index (χ0) is 16.5. The molecule has 0 unspecified atom stereocenters. The Balaban J connectivity index is 1.52. The van der Waals surface area contributed by atoms with Gasteiger partial charge in [0, 0.05) is 43.6 Å². The summed E-state index contributed by atoms with van der Waals surface area (Å²) in [5, 5.41) is 3.79. The number of fused-ring (bicyclic) bond motifs is 1. The first-order chi connectivity index (χ1) is 11.7. The Morgan fingerprint density at radius 2 is 2.08 bits per heavy atom. The molecule has 2 aliphatic heterocycles. The fourth-order valence-corrected chi connectivity index (χ4v) is 3.74. The normalized spacial score (nSPS) is 22.5. The summed E-state index contributed by atoms with van der Waals surface area (Å²) in [5.41, 5.74) is 0.606. The smallest absolute Gasteiger partial charge is 0.254 e. The molecule has 2 fully saturated rings. The fourth-order valence-electron chi connectivity index (χ4n) is 3.52. The Morgan fingerprint density at radius 1 is 1.25 bits per heavy atom. The maximum atomic E-state index is 12.8. The summed E-state index contributed by atoms with van der Waals surface area (Å²) in [4.78, 5) is 18.7. The van der Waals surface area contributed by atoms with Crippen LogP contribution in [-0.2, 0) is 0 Å². The molecular weight excluding hydrogens is 326 g/mol. The molecule has 3 heterocycles. The summed E-state index contributed by atoms with van der Waals surface area (Å²) in [7, 11) is 0. The average molecular weight is 344 g/mol.